The molecule has 0 aliphatic carbocycles. The molecule has 0 fully saturated rings. The number of benzene rings is 2. The van der Waals surface area contributed by atoms with Crippen molar-refractivity contribution in [2.45, 2.75) is 10.8 Å². The Labute approximate surface area is 194 Å². The molecular formula is C21H16N6O6S. The third-order valence-corrected chi connectivity index (χ3v) is 6.15. The standard InChI is InChI=1S/C21H16N6O6S/c1-24-18-16(20(28)25(2)21(24)29)19(34-11-12-4-3-5-15(10-12)27(32)33)23-17(22-18)13-6-8-14(9-7-13)26(30)31/h3-10H,11H2,1-2H3. The van der Waals surface area contributed by atoms with Gasteiger partial charge in [-0.05, 0) is 17.7 Å². The summed E-state index contributed by atoms with van der Waals surface area (Å²) in [7, 11) is 2.83. The molecule has 0 unspecified atom stereocenters. The second kappa shape index (κ2) is 8.86. The number of thioether (sulfide) groups is 1. The van der Waals surface area contributed by atoms with Gasteiger partial charge in [-0.2, -0.15) is 0 Å². The average Bonchev–Trinajstić information content (AvgIpc) is 2.84. The lowest BCUT2D eigenvalue weighted by Crippen LogP contribution is -2.37. The summed E-state index contributed by atoms with van der Waals surface area (Å²) in [5, 5.41) is 22.5. The van der Waals surface area contributed by atoms with Gasteiger partial charge in [-0.3, -0.25) is 34.2 Å². The van der Waals surface area contributed by atoms with E-state index in [0.29, 0.717) is 11.1 Å². The van der Waals surface area contributed by atoms with Crippen LogP contribution >= 0.6 is 11.8 Å². The van der Waals surface area contributed by atoms with Crippen molar-refractivity contribution in [1.82, 2.24) is 19.1 Å². The van der Waals surface area contributed by atoms with Gasteiger partial charge >= 0.3 is 5.69 Å². The highest BCUT2D eigenvalue weighted by atomic mass is 32.2. The predicted molar refractivity (Wildman–Crippen MR) is 125 cm³/mol. The molecule has 0 aliphatic rings. The number of hydrogen-bond acceptors (Lipinski definition) is 9. The fourth-order valence-corrected chi connectivity index (χ4v) is 4.26. The van der Waals surface area contributed by atoms with Crippen LogP contribution in [0.15, 0.2) is 63.1 Å². The molecule has 0 bridgehead atoms. The van der Waals surface area contributed by atoms with Crippen molar-refractivity contribution in [1.29, 1.82) is 0 Å². The van der Waals surface area contributed by atoms with Crippen molar-refractivity contribution >= 4 is 34.2 Å². The smallest absolute Gasteiger partial charge is 0.280 e. The number of nitro benzene ring substituents is 2. The van der Waals surface area contributed by atoms with E-state index in [2.05, 4.69) is 9.97 Å². The van der Waals surface area contributed by atoms with E-state index in [-0.39, 0.29) is 39.0 Å². The van der Waals surface area contributed by atoms with Crippen LogP contribution in [0, 0.1) is 20.2 Å². The topological polar surface area (TPSA) is 156 Å². The molecule has 172 valence electrons. The van der Waals surface area contributed by atoms with Gasteiger partial charge < -0.3 is 0 Å². The number of rotatable bonds is 6. The van der Waals surface area contributed by atoms with E-state index < -0.39 is 21.1 Å². The van der Waals surface area contributed by atoms with Gasteiger partial charge in [0.1, 0.15) is 10.4 Å². The minimum absolute atomic E-state index is 0.0597. The Balaban J connectivity index is 1.87. The largest absolute Gasteiger partial charge is 0.332 e. The first-order valence-corrected chi connectivity index (χ1v) is 10.7. The Morgan fingerprint density at radius 1 is 0.912 bits per heavy atom. The SMILES string of the molecule is Cn1c(=O)c2c(SCc3cccc([N+](=O)[O-])c3)nc(-c3ccc([N+](=O)[O-])cc3)nc2n(C)c1=O. The molecular weight excluding hydrogens is 464 g/mol. The zero-order valence-corrected chi connectivity index (χ0v) is 18.7. The first-order chi connectivity index (χ1) is 16.2. The van der Waals surface area contributed by atoms with E-state index in [1.54, 1.807) is 12.1 Å². The Kier molecular flexibility index (Phi) is 5.94. The van der Waals surface area contributed by atoms with Gasteiger partial charge in [0.2, 0.25) is 0 Å². The summed E-state index contributed by atoms with van der Waals surface area (Å²) < 4.78 is 2.18. The molecule has 0 aliphatic heterocycles. The highest BCUT2D eigenvalue weighted by Crippen LogP contribution is 2.29. The fraction of sp³-hybridized carbons (Fsp3) is 0.143. The quantitative estimate of drug-likeness (QED) is 0.175. The molecule has 34 heavy (non-hydrogen) atoms. The summed E-state index contributed by atoms with van der Waals surface area (Å²) in [4.78, 5) is 55.4. The Morgan fingerprint density at radius 3 is 2.24 bits per heavy atom. The zero-order chi connectivity index (χ0) is 24.6. The van der Waals surface area contributed by atoms with Gasteiger partial charge in [-0.15, -0.1) is 11.8 Å². The minimum atomic E-state index is -0.574. The highest BCUT2D eigenvalue weighted by molar-refractivity contribution is 7.98. The van der Waals surface area contributed by atoms with Crippen molar-refractivity contribution in [3.05, 3.63) is 95.2 Å². The van der Waals surface area contributed by atoms with Gasteiger partial charge in [0.05, 0.1) is 9.85 Å². The minimum Gasteiger partial charge on any atom is -0.280 e. The number of aromatic nitrogens is 4. The molecule has 0 radical (unpaired) electrons. The molecule has 13 heteroatoms. The molecule has 2 aromatic heterocycles. The molecule has 2 heterocycles. The number of nitrogens with zero attached hydrogens (tertiary/aromatic N) is 6. The first-order valence-electron chi connectivity index (χ1n) is 9.76. The number of non-ortho nitro benzene ring substituents is 2. The van der Waals surface area contributed by atoms with E-state index >= 15 is 0 Å². The molecule has 0 saturated carbocycles. The van der Waals surface area contributed by atoms with Crippen molar-refractivity contribution in [2.24, 2.45) is 14.1 Å². The Hall–Kier alpha value is -4.39. The van der Waals surface area contributed by atoms with Crippen molar-refractivity contribution in [3.8, 4) is 11.4 Å². The van der Waals surface area contributed by atoms with Crippen LogP contribution < -0.4 is 11.2 Å². The fourth-order valence-electron chi connectivity index (χ4n) is 3.31. The maximum absolute atomic E-state index is 12.9. The summed E-state index contributed by atoms with van der Waals surface area (Å²) in [6.07, 6.45) is 0. The van der Waals surface area contributed by atoms with E-state index in [1.165, 1.54) is 66.8 Å². The van der Waals surface area contributed by atoms with Gasteiger partial charge in [0, 0.05) is 49.7 Å². The van der Waals surface area contributed by atoms with E-state index in [4.69, 9.17) is 0 Å². The predicted octanol–water partition coefficient (Wildman–Crippen LogP) is 2.80. The lowest BCUT2D eigenvalue weighted by Gasteiger charge is -2.12. The highest BCUT2D eigenvalue weighted by Gasteiger charge is 2.19. The number of aryl methyl sites for hydroxylation is 1. The van der Waals surface area contributed by atoms with Crippen LogP contribution in [0.2, 0.25) is 0 Å². The molecule has 4 rings (SSSR count). The van der Waals surface area contributed by atoms with Gasteiger partial charge in [-0.25, -0.2) is 14.8 Å². The average molecular weight is 480 g/mol. The van der Waals surface area contributed by atoms with Crippen molar-refractivity contribution < 1.29 is 9.85 Å². The van der Waals surface area contributed by atoms with E-state index in [9.17, 15) is 29.8 Å². The second-order valence-electron chi connectivity index (χ2n) is 7.28. The molecule has 0 amide bonds. The lowest BCUT2D eigenvalue weighted by molar-refractivity contribution is -0.385. The zero-order valence-electron chi connectivity index (χ0n) is 17.9. The van der Waals surface area contributed by atoms with Crippen LogP contribution in [0.1, 0.15) is 5.56 Å². The van der Waals surface area contributed by atoms with E-state index in [1.807, 2.05) is 0 Å². The summed E-state index contributed by atoms with van der Waals surface area (Å²) in [6, 6.07) is 11.7. The number of hydrogen-bond donors (Lipinski definition) is 0. The molecule has 0 spiro atoms. The summed E-state index contributed by atoms with van der Waals surface area (Å²) in [5.41, 5.74) is -0.0997. The maximum atomic E-state index is 12.9. The summed E-state index contributed by atoms with van der Waals surface area (Å²) >= 11 is 1.17. The number of fused-ring (bicyclic) bond motifs is 1. The van der Waals surface area contributed by atoms with Crippen LogP contribution in [0.3, 0.4) is 0 Å². The van der Waals surface area contributed by atoms with Crippen LogP contribution in [-0.4, -0.2) is 28.9 Å². The normalized spacial score (nSPS) is 11.0. The third-order valence-electron chi connectivity index (χ3n) is 5.10. The van der Waals surface area contributed by atoms with Crippen molar-refractivity contribution in [2.75, 3.05) is 0 Å². The summed E-state index contributed by atoms with van der Waals surface area (Å²) in [6.45, 7) is 0. The molecule has 4 aromatic rings. The molecule has 12 nitrogen and oxygen atoms in total. The Bertz CT molecular complexity index is 1580. The van der Waals surface area contributed by atoms with Crippen LogP contribution in [0.4, 0.5) is 11.4 Å². The van der Waals surface area contributed by atoms with Crippen molar-refractivity contribution in [3.63, 3.8) is 0 Å². The second-order valence-corrected chi connectivity index (χ2v) is 8.24. The van der Waals surface area contributed by atoms with Gasteiger partial charge in [0.25, 0.3) is 16.9 Å². The first kappa shape index (κ1) is 22.8. The molecule has 2 aromatic carbocycles. The van der Waals surface area contributed by atoms with Crippen LogP contribution in [-0.2, 0) is 19.8 Å². The van der Waals surface area contributed by atoms with Crippen LogP contribution in [0.5, 0.6) is 0 Å². The lowest BCUT2D eigenvalue weighted by atomic mass is 10.2. The Morgan fingerprint density at radius 2 is 1.59 bits per heavy atom. The van der Waals surface area contributed by atoms with Crippen LogP contribution in [0.25, 0.3) is 22.4 Å². The molecule has 0 saturated heterocycles. The molecule has 0 N–H and O–H groups in total. The summed E-state index contributed by atoms with van der Waals surface area (Å²) in [5.74, 6) is 0.437. The number of nitro groups is 2. The van der Waals surface area contributed by atoms with Gasteiger partial charge in [-0.1, -0.05) is 12.1 Å². The third kappa shape index (κ3) is 4.15. The molecule has 0 atom stereocenters. The van der Waals surface area contributed by atoms with Gasteiger partial charge in [0.15, 0.2) is 11.5 Å². The monoisotopic (exact) mass is 480 g/mol. The van der Waals surface area contributed by atoms with E-state index in [0.717, 1.165) is 4.57 Å². The maximum Gasteiger partial charge on any atom is 0.332 e.